The summed E-state index contributed by atoms with van der Waals surface area (Å²) in [5, 5.41) is 3.32. The van der Waals surface area contributed by atoms with Gasteiger partial charge in [0.25, 0.3) is 0 Å². The summed E-state index contributed by atoms with van der Waals surface area (Å²) < 4.78 is 12.3. The molecule has 0 aromatic rings. The highest BCUT2D eigenvalue weighted by molar-refractivity contribution is 6.15. The molecule has 0 saturated heterocycles. The molecule has 0 aliphatic rings. The fourth-order valence-corrected chi connectivity index (χ4v) is 2.92. The summed E-state index contributed by atoms with van der Waals surface area (Å²) in [6.45, 7) is 13.4. The quantitative estimate of drug-likeness (QED) is 0.462. The highest BCUT2D eigenvalue weighted by Gasteiger charge is 2.44. The van der Waals surface area contributed by atoms with Crippen LogP contribution < -0.4 is 5.32 Å². The predicted octanol–water partition coefficient (Wildman–Crippen LogP) is 2.03. The third kappa shape index (κ3) is 5.00. The van der Waals surface area contributed by atoms with Gasteiger partial charge in [-0.15, -0.1) is 0 Å². The Morgan fingerprint density at radius 2 is 1.50 bits per heavy atom. The Labute approximate surface area is 116 Å². The van der Waals surface area contributed by atoms with Crippen LogP contribution in [0, 0.1) is 0 Å². The van der Waals surface area contributed by atoms with Crippen molar-refractivity contribution in [2.24, 2.45) is 0 Å². The number of nitrogens with one attached hydrogen (secondary N) is 1. The van der Waals surface area contributed by atoms with Crippen molar-refractivity contribution >= 4 is 10.2 Å². The molecule has 4 heteroatoms. The fraction of sp³-hybridized carbons (Fsp3) is 1.00. The lowest BCUT2D eigenvalue weighted by molar-refractivity contribution is -0.175. The molecule has 3 nitrogen and oxygen atoms in total. The molecule has 0 heterocycles. The van der Waals surface area contributed by atoms with E-state index in [0.717, 1.165) is 55.7 Å². The summed E-state index contributed by atoms with van der Waals surface area (Å²) in [4.78, 5) is 0. The Morgan fingerprint density at radius 1 is 0.944 bits per heavy atom. The Bertz CT molecular complexity index is 206. The van der Waals surface area contributed by atoms with Crippen molar-refractivity contribution in [2.45, 2.75) is 71.3 Å². The van der Waals surface area contributed by atoms with E-state index < -0.39 is 0 Å². The topological polar surface area (TPSA) is 30.5 Å². The number of ether oxygens (including phenoxy) is 2. The summed E-state index contributed by atoms with van der Waals surface area (Å²) in [5.74, 6) is 0. The second kappa shape index (κ2) is 9.07. The summed E-state index contributed by atoms with van der Waals surface area (Å²) in [7, 11) is 0.923. The maximum absolute atomic E-state index is 6.16. The number of hydrogen-bond acceptors (Lipinski definition) is 3. The number of hydrogen-bond donors (Lipinski definition) is 1. The molecule has 0 aliphatic heterocycles. The van der Waals surface area contributed by atoms with Gasteiger partial charge in [0, 0.05) is 13.2 Å². The molecule has 2 unspecified atom stereocenters. The largest absolute Gasteiger partial charge is 0.371 e. The monoisotopic (exact) mass is 275 g/mol. The lowest BCUT2D eigenvalue weighted by atomic mass is 9.99. The van der Waals surface area contributed by atoms with Gasteiger partial charge in [-0.05, 0) is 39.2 Å². The Kier molecular flexibility index (Phi) is 9.12. The first-order valence-electron chi connectivity index (χ1n) is 7.52. The van der Waals surface area contributed by atoms with Crippen LogP contribution in [0.3, 0.4) is 0 Å². The first-order chi connectivity index (χ1) is 8.49. The van der Waals surface area contributed by atoms with Crippen molar-refractivity contribution in [3.63, 3.8) is 0 Å². The van der Waals surface area contributed by atoms with Gasteiger partial charge in [-0.2, -0.15) is 0 Å². The molecule has 0 amide bonds. The van der Waals surface area contributed by atoms with Crippen LogP contribution in [-0.2, 0) is 9.47 Å². The van der Waals surface area contributed by atoms with Crippen molar-refractivity contribution < 1.29 is 9.47 Å². The molecular formula is C14H33NO2Si. The molecular weight excluding hydrogens is 242 g/mol. The van der Waals surface area contributed by atoms with Crippen molar-refractivity contribution in [2.75, 3.05) is 19.8 Å². The minimum absolute atomic E-state index is 0.223. The van der Waals surface area contributed by atoms with Crippen molar-refractivity contribution in [3.8, 4) is 0 Å². The molecule has 0 rings (SSSR count). The first-order valence-corrected chi connectivity index (χ1v) is 8.52. The molecule has 0 radical (unpaired) electrons. The van der Waals surface area contributed by atoms with Crippen LogP contribution in [0.25, 0.3) is 0 Å². The summed E-state index contributed by atoms with van der Waals surface area (Å²) in [6.07, 6.45) is 4.18. The fourth-order valence-electron chi connectivity index (χ4n) is 1.96. The van der Waals surface area contributed by atoms with E-state index in [1.165, 1.54) is 0 Å². The van der Waals surface area contributed by atoms with E-state index in [2.05, 4.69) is 39.9 Å². The molecule has 0 aromatic carbocycles. The molecule has 1 N–H and O–H groups in total. The van der Waals surface area contributed by atoms with E-state index in [0.29, 0.717) is 0 Å². The van der Waals surface area contributed by atoms with Gasteiger partial charge in [0.05, 0.1) is 10.2 Å². The smallest absolute Gasteiger partial charge is 0.123 e. The van der Waals surface area contributed by atoms with Gasteiger partial charge in [-0.25, -0.2) is 0 Å². The van der Waals surface area contributed by atoms with E-state index in [1.807, 2.05) is 0 Å². The predicted molar refractivity (Wildman–Crippen MR) is 82.1 cm³/mol. The van der Waals surface area contributed by atoms with E-state index in [4.69, 9.17) is 9.47 Å². The van der Waals surface area contributed by atoms with Crippen molar-refractivity contribution in [1.82, 2.24) is 5.32 Å². The van der Waals surface area contributed by atoms with Crippen LogP contribution >= 0.6 is 0 Å². The minimum Gasteiger partial charge on any atom is -0.371 e. The molecule has 2 atom stereocenters. The average molecular weight is 276 g/mol. The third-order valence-electron chi connectivity index (χ3n) is 3.62. The van der Waals surface area contributed by atoms with Crippen LogP contribution in [0.4, 0.5) is 0 Å². The molecule has 0 saturated carbocycles. The highest BCUT2D eigenvalue weighted by atomic mass is 28.1. The van der Waals surface area contributed by atoms with E-state index in [9.17, 15) is 0 Å². The van der Waals surface area contributed by atoms with E-state index >= 15 is 0 Å². The zero-order valence-electron chi connectivity index (χ0n) is 13.3. The van der Waals surface area contributed by atoms with Crippen LogP contribution in [0.1, 0.15) is 60.3 Å². The van der Waals surface area contributed by atoms with Gasteiger partial charge in [0.1, 0.15) is 10.9 Å². The van der Waals surface area contributed by atoms with E-state index in [-0.39, 0.29) is 10.9 Å². The van der Waals surface area contributed by atoms with Gasteiger partial charge in [0.2, 0.25) is 0 Å². The first kappa shape index (κ1) is 18.1. The SMILES string of the molecule is CCCNC([SiH3])(OCCC)C(C)(CC)OCCC. The third-order valence-corrected chi connectivity index (χ3v) is 5.32. The minimum atomic E-state index is -0.275. The van der Waals surface area contributed by atoms with Crippen molar-refractivity contribution in [1.29, 1.82) is 0 Å². The lowest BCUT2D eigenvalue weighted by Gasteiger charge is -2.46. The Hall–Kier alpha value is 0.0969. The normalized spacial score (nSPS) is 18.5. The van der Waals surface area contributed by atoms with Crippen LogP contribution in [-0.4, -0.2) is 41.0 Å². The molecule has 18 heavy (non-hydrogen) atoms. The van der Waals surface area contributed by atoms with Gasteiger partial charge in [-0.1, -0.05) is 27.7 Å². The van der Waals surface area contributed by atoms with Gasteiger partial charge in [0.15, 0.2) is 0 Å². The summed E-state index contributed by atoms with van der Waals surface area (Å²) >= 11 is 0. The maximum Gasteiger partial charge on any atom is 0.123 e. The molecule has 110 valence electrons. The molecule has 0 bridgehead atoms. The van der Waals surface area contributed by atoms with Crippen molar-refractivity contribution in [3.05, 3.63) is 0 Å². The zero-order chi connectivity index (χ0) is 14.1. The maximum atomic E-state index is 6.16. The van der Waals surface area contributed by atoms with E-state index in [1.54, 1.807) is 0 Å². The standard InChI is InChI=1S/C14H33NO2Si/c1-6-10-15-14(18,17-12-8-3)13(5,9-4)16-11-7-2/h15H,6-12H2,1-5,18H3. The highest BCUT2D eigenvalue weighted by Crippen LogP contribution is 2.29. The second-order valence-electron chi connectivity index (χ2n) is 5.24. The van der Waals surface area contributed by atoms with Crippen LogP contribution in [0.2, 0.25) is 0 Å². The Balaban J connectivity index is 4.84. The Morgan fingerprint density at radius 3 is 1.94 bits per heavy atom. The summed E-state index contributed by atoms with van der Waals surface area (Å²) in [6, 6.07) is 0. The zero-order valence-corrected chi connectivity index (χ0v) is 15.3. The lowest BCUT2D eigenvalue weighted by Crippen LogP contribution is -2.65. The molecule has 0 fully saturated rings. The van der Waals surface area contributed by atoms with Crippen LogP contribution in [0.15, 0.2) is 0 Å². The van der Waals surface area contributed by atoms with Crippen LogP contribution in [0.5, 0.6) is 0 Å². The number of rotatable bonds is 11. The molecule has 0 spiro atoms. The average Bonchev–Trinajstić information content (AvgIpc) is 2.39. The van der Waals surface area contributed by atoms with Gasteiger partial charge in [-0.3, -0.25) is 5.32 Å². The molecule has 0 aromatic heterocycles. The second-order valence-corrected chi connectivity index (χ2v) is 6.65. The summed E-state index contributed by atoms with van der Waals surface area (Å²) in [5.41, 5.74) is -0.223. The van der Waals surface area contributed by atoms with Gasteiger partial charge < -0.3 is 9.47 Å². The van der Waals surface area contributed by atoms with Gasteiger partial charge >= 0.3 is 0 Å². The molecule has 0 aliphatic carbocycles.